The van der Waals surface area contributed by atoms with Gasteiger partial charge in [-0.2, -0.15) is 5.26 Å². The number of carbonyl (C=O) groups is 1. The van der Waals surface area contributed by atoms with E-state index in [-0.39, 0.29) is 6.04 Å². The molecule has 1 saturated carbocycles. The summed E-state index contributed by atoms with van der Waals surface area (Å²) < 4.78 is 4.99. The van der Waals surface area contributed by atoms with E-state index in [9.17, 15) is 4.79 Å². The predicted octanol–water partition coefficient (Wildman–Crippen LogP) is -0.910. The van der Waals surface area contributed by atoms with Crippen molar-refractivity contribution < 1.29 is 9.53 Å². The summed E-state index contributed by atoms with van der Waals surface area (Å²) in [7, 11) is 1.45. The first-order valence-electron chi connectivity index (χ1n) is 3.64. The van der Waals surface area contributed by atoms with Gasteiger partial charge in [0.15, 0.2) is 6.19 Å². The monoisotopic (exact) mass is 169 g/mol. The van der Waals surface area contributed by atoms with Gasteiger partial charge in [-0.1, -0.05) is 0 Å². The Balaban J connectivity index is 2.48. The highest BCUT2D eigenvalue weighted by Crippen LogP contribution is 2.34. The average molecular weight is 169 g/mol. The zero-order valence-electron chi connectivity index (χ0n) is 6.83. The first-order chi connectivity index (χ1) is 5.64. The lowest BCUT2D eigenvalue weighted by Crippen LogP contribution is -2.60. The van der Waals surface area contributed by atoms with Crippen LogP contribution in [-0.2, 0) is 9.53 Å². The fourth-order valence-corrected chi connectivity index (χ4v) is 1.40. The molecule has 0 aromatic heterocycles. The van der Waals surface area contributed by atoms with Crippen molar-refractivity contribution in [1.82, 2.24) is 5.32 Å². The molecular weight excluding hydrogens is 158 g/mol. The summed E-state index contributed by atoms with van der Waals surface area (Å²) in [6.45, 7) is 0. The SMILES string of the molecule is COC1(C(N)=O)CC(NC#N)C1. The molecule has 0 radical (unpaired) electrons. The summed E-state index contributed by atoms with van der Waals surface area (Å²) >= 11 is 0. The van der Waals surface area contributed by atoms with Gasteiger partial charge in [-0.15, -0.1) is 0 Å². The molecule has 5 heteroatoms. The van der Waals surface area contributed by atoms with Crippen molar-refractivity contribution in [3.8, 4) is 6.19 Å². The van der Waals surface area contributed by atoms with Crippen molar-refractivity contribution in [1.29, 1.82) is 5.26 Å². The van der Waals surface area contributed by atoms with Crippen LogP contribution in [0.15, 0.2) is 0 Å². The van der Waals surface area contributed by atoms with Crippen LogP contribution in [0.1, 0.15) is 12.8 Å². The number of rotatable bonds is 3. The molecule has 0 saturated heterocycles. The highest BCUT2D eigenvalue weighted by Gasteiger charge is 2.49. The summed E-state index contributed by atoms with van der Waals surface area (Å²) in [6.07, 6.45) is 2.77. The fourth-order valence-electron chi connectivity index (χ4n) is 1.40. The summed E-state index contributed by atoms with van der Waals surface area (Å²) in [6, 6.07) is 0.0300. The fraction of sp³-hybridized carbons (Fsp3) is 0.714. The van der Waals surface area contributed by atoms with Gasteiger partial charge in [-0.25, -0.2) is 0 Å². The maximum Gasteiger partial charge on any atom is 0.249 e. The van der Waals surface area contributed by atoms with Gasteiger partial charge in [-0.05, 0) is 0 Å². The van der Waals surface area contributed by atoms with E-state index in [1.54, 1.807) is 0 Å². The minimum absolute atomic E-state index is 0.0300. The van der Waals surface area contributed by atoms with Crippen molar-refractivity contribution in [2.75, 3.05) is 7.11 Å². The number of nitrogens with two attached hydrogens (primary N) is 1. The van der Waals surface area contributed by atoms with Crippen LogP contribution in [0.25, 0.3) is 0 Å². The van der Waals surface area contributed by atoms with E-state index in [1.165, 1.54) is 7.11 Å². The zero-order chi connectivity index (χ0) is 9.19. The topological polar surface area (TPSA) is 88.1 Å². The van der Waals surface area contributed by atoms with Crippen molar-refractivity contribution in [3.63, 3.8) is 0 Å². The van der Waals surface area contributed by atoms with Crippen molar-refractivity contribution >= 4 is 5.91 Å². The minimum Gasteiger partial charge on any atom is -0.368 e. The molecule has 1 fully saturated rings. The number of methoxy groups -OCH3 is 1. The van der Waals surface area contributed by atoms with Gasteiger partial charge >= 0.3 is 0 Å². The zero-order valence-corrected chi connectivity index (χ0v) is 6.83. The van der Waals surface area contributed by atoms with E-state index in [4.69, 9.17) is 15.7 Å². The molecule has 1 rings (SSSR count). The van der Waals surface area contributed by atoms with Gasteiger partial charge in [0.05, 0.1) is 0 Å². The van der Waals surface area contributed by atoms with Gasteiger partial charge in [0.2, 0.25) is 5.91 Å². The Hall–Kier alpha value is -1.28. The second kappa shape index (κ2) is 2.99. The number of primary amides is 1. The molecule has 0 heterocycles. The molecule has 0 unspecified atom stereocenters. The highest BCUT2D eigenvalue weighted by atomic mass is 16.5. The smallest absolute Gasteiger partial charge is 0.249 e. The molecule has 3 N–H and O–H groups in total. The Kier molecular flexibility index (Phi) is 2.20. The molecule has 5 nitrogen and oxygen atoms in total. The lowest BCUT2D eigenvalue weighted by atomic mass is 9.75. The summed E-state index contributed by atoms with van der Waals surface area (Å²) in [5, 5.41) is 10.8. The van der Waals surface area contributed by atoms with Gasteiger partial charge in [0.1, 0.15) is 5.60 Å². The second-order valence-electron chi connectivity index (χ2n) is 2.92. The first kappa shape index (κ1) is 8.81. The molecule has 0 bridgehead atoms. The van der Waals surface area contributed by atoms with E-state index in [2.05, 4.69) is 5.32 Å². The maximum atomic E-state index is 10.9. The van der Waals surface area contributed by atoms with Gasteiger partial charge in [0.25, 0.3) is 0 Å². The standard InChI is InChI=1S/C7H11N3O2/c1-12-7(6(9)11)2-5(3-7)10-4-8/h5,10H,2-3H2,1H3,(H2,9,11). The normalized spacial score (nSPS) is 33.2. The quantitative estimate of drug-likeness (QED) is 0.423. The Bertz CT molecular complexity index is 227. The molecule has 0 aromatic carbocycles. The number of nitrogens with one attached hydrogen (secondary N) is 1. The maximum absolute atomic E-state index is 10.9. The third-order valence-electron chi connectivity index (χ3n) is 2.26. The number of hydrogen-bond acceptors (Lipinski definition) is 4. The molecule has 0 aliphatic heterocycles. The largest absolute Gasteiger partial charge is 0.368 e. The van der Waals surface area contributed by atoms with Crippen molar-refractivity contribution in [2.24, 2.45) is 5.73 Å². The Morgan fingerprint density at radius 2 is 2.42 bits per heavy atom. The molecule has 0 atom stereocenters. The lowest BCUT2D eigenvalue weighted by molar-refractivity contribution is -0.153. The molecule has 1 amide bonds. The predicted molar refractivity (Wildman–Crippen MR) is 40.7 cm³/mol. The van der Waals surface area contributed by atoms with E-state index < -0.39 is 11.5 Å². The van der Waals surface area contributed by atoms with E-state index >= 15 is 0 Å². The minimum atomic E-state index is -0.839. The molecule has 1 aliphatic carbocycles. The third kappa shape index (κ3) is 1.21. The summed E-state index contributed by atoms with van der Waals surface area (Å²) in [5.74, 6) is -0.457. The number of nitriles is 1. The van der Waals surface area contributed by atoms with Gasteiger partial charge < -0.3 is 15.8 Å². The summed E-state index contributed by atoms with van der Waals surface area (Å²) in [5.41, 5.74) is 4.29. The lowest BCUT2D eigenvalue weighted by Gasteiger charge is -2.43. The Labute approximate surface area is 70.5 Å². The Morgan fingerprint density at radius 1 is 1.83 bits per heavy atom. The molecule has 1 aliphatic rings. The molecule has 0 aromatic rings. The Morgan fingerprint density at radius 3 is 2.75 bits per heavy atom. The highest BCUT2D eigenvalue weighted by molar-refractivity contribution is 5.84. The number of ether oxygens (including phenoxy) is 1. The van der Waals surface area contributed by atoms with Crippen LogP contribution in [-0.4, -0.2) is 24.7 Å². The van der Waals surface area contributed by atoms with Gasteiger partial charge in [-0.3, -0.25) is 4.79 Å². The molecular formula is C7H11N3O2. The van der Waals surface area contributed by atoms with Crippen LogP contribution in [0.5, 0.6) is 0 Å². The van der Waals surface area contributed by atoms with E-state index in [0.717, 1.165) is 0 Å². The molecule has 0 spiro atoms. The van der Waals surface area contributed by atoms with E-state index in [1.807, 2.05) is 6.19 Å². The number of hydrogen-bond donors (Lipinski definition) is 2. The first-order valence-corrected chi connectivity index (χ1v) is 3.64. The molecule has 12 heavy (non-hydrogen) atoms. The van der Waals surface area contributed by atoms with Crippen LogP contribution >= 0.6 is 0 Å². The van der Waals surface area contributed by atoms with E-state index in [0.29, 0.717) is 12.8 Å². The van der Waals surface area contributed by atoms with Crippen LogP contribution < -0.4 is 11.1 Å². The van der Waals surface area contributed by atoms with Gasteiger partial charge in [0, 0.05) is 26.0 Å². The third-order valence-corrected chi connectivity index (χ3v) is 2.26. The van der Waals surface area contributed by atoms with Crippen molar-refractivity contribution in [2.45, 2.75) is 24.5 Å². The van der Waals surface area contributed by atoms with Crippen LogP contribution in [0.4, 0.5) is 0 Å². The summed E-state index contributed by atoms with van der Waals surface area (Å²) in [4.78, 5) is 10.9. The average Bonchev–Trinajstić information content (AvgIpc) is 1.95. The van der Waals surface area contributed by atoms with Crippen molar-refractivity contribution in [3.05, 3.63) is 0 Å². The number of amides is 1. The number of nitrogens with zero attached hydrogens (tertiary/aromatic N) is 1. The number of carbonyl (C=O) groups excluding carboxylic acids is 1. The van der Waals surface area contributed by atoms with Crippen LogP contribution in [0.2, 0.25) is 0 Å². The second-order valence-corrected chi connectivity index (χ2v) is 2.92. The molecule has 66 valence electrons. The van der Waals surface area contributed by atoms with Crippen LogP contribution in [0.3, 0.4) is 0 Å². The van der Waals surface area contributed by atoms with Crippen LogP contribution in [0, 0.1) is 11.5 Å².